The summed E-state index contributed by atoms with van der Waals surface area (Å²) in [6.45, 7) is 2.02. The van der Waals surface area contributed by atoms with Crippen molar-refractivity contribution in [2.45, 2.75) is 12.8 Å². The van der Waals surface area contributed by atoms with E-state index in [2.05, 4.69) is 14.8 Å². The van der Waals surface area contributed by atoms with Crippen molar-refractivity contribution in [2.75, 3.05) is 18.1 Å². The van der Waals surface area contributed by atoms with Crippen molar-refractivity contribution in [1.29, 1.82) is 0 Å². The van der Waals surface area contributed by atoms with Crippen LogP contribution < -0.4 is 9.80 Å². The van der Waals surface area contributed by atoms with E-state index in [1.807, 2.05) is 0 Å². The molecule has 0 radical (unpaired) electrons. The van der Waals surface area contributed by atoms with Crippen molar-refractivity contribution in [3.8, 4) is 0 Å². The van der Waals surface area contributed by atoms with Gasteiger partial charge in [-0.2, -0.15) is 5.01 Å². The van der Waals surface area contributed by atoms with Crippen molar-refractivity contribution >= 4 is 5.88 Å². The first-order valence-electron chi connectivity index (χ1n) is 3.72. The molecular formula is C6H10N4O. The lowest BCUT2D eigenvalue weighted by atomic mass is 10.4. The van der Waals surface area contributed by atoms with E-state index in [9.17, 15) is 0 Å². The third-order valence-corrected chi connectivity index (χ3v) is 1.83. The van der Waals surface area contributed by atoms with E-state index in [-0.39, 0.29) is 5.88 Å². The standard InChI is InChI=1S/C6H10N4O/c7-6-5-10(8-11-6)9-3-1-2-4-9/h5,7H,1-4H2. The first-order chi connectivity index (χ1) is 5.36. The predicted molar refractivity (Wildman–Crippen MR) is 37.9 cm³/mol. The molecule has 0 amide bonds. The number of nitrogens with zero attached hydrogens (tertiary/aromatic N) is 3. The zero-order chi connectivity index (χ0) is 7.68. The third kappa shape index (κ3) is 1.13. The average Bonchev–Trinajstić information content (AvgIpc) is 2.55. The molecule has 0 aliphatic carbocycles. The first kappa shape index (κ1) is 6.45. The van der Waals surface area contributed by atoms with Gasteiger partial charge in [-0.05, 0) is 12.8 Å². The van der Waals surface area contributed by atoms with Gasteiger partial charge in [-0.25, -0.2) is 0 Å². The van der Waals surface area contributed by atoms with Crippen molar-refractivity contribution in [2.24, 2.45) is 0 Å². The zero-order valence-electron chi connectivity index (χ0n) is 6.16. The summed E-state index contributed by atoms with van der Waals surface area (Å²) in [6.07, 6.45) is 3.98. The molecule has 1 fully saturated rings. The summed E-state index contributed by atoms with van der Waals surface area (Å²) in [7, 11) is 0. The van der Waals surface area contributed by atoms with Crippen molar-refractivity contribution < 1.29 is 9.31 Å². The van der Waals surface area contributed by atoms with Crippen LogP contribution in [0.2, 0.25) is 0 Å². The second-order valence-electron chi connectivity index (χ2n) is 2.65. The molecule has 0 atom stereocenters. The minimum absolute atomic E-state index is 0.108. The van der Waals surface area contributed by atoms with Crippen LogP contribution >= 0.6 is 0 Å². The van der Waals surface area contributed by atoms with Crippen LogP contribution in [-0.4, -0.2) is 18.4 Å². The fourth-order valence-electron chi connectivity index (χ4n) is 1.28. The van der Waals surface area contributed by atoms with Crippen molar-refractivity contribution in [3.63, 3.8) is 0 Å². The van der Waals surface area contributed by atoms with Crippen molar-refractivity contribution in [1.82, 2.24) is 5.27 Å². The molecule has 1 aliphatic rings. The Balaban J connectivity index is 2.15. The lowest BCUT2D eigenvalue weighted by molar-refractivity contribution is -0.756. The summed E-state index contributed by atoms with van der Waals surface area (Å²) < 4.78 is 4.61. The molecule has 1 N–H and O–H groups in total. The molecule has 5 heteroatoms. The highest BCUT2D eigenvalue weighted by atomic mass is 16.5. The highest BCUT2D eigenvalue weighted by Crippen LogP contribution is 2.05. The van der Waals surface area contributed by atoms with Gasteiger partial charge in [0.25, 0.3) is 6.20 Å². The molecule has 11 heavy (non-hydrogen) atoms. The Kier molecular flexibility index (Phi) is 1.41. The van der Waals surface area contributed by atoms with E-state index in [1.54, 1.807) is 11.0 Å². The van der Waals surface area contributed by atoms with Gasteiger partial charge in [0.05, 0.1) is 17.9 Å². The molecule has 0 saturated carbocycles. The van der Waals surface area contributed by atoms with Crippen LogP contribution in [0.15, 0.2) is 10.7 Å². The minimum atomic E-state index is 0.108. The Morgan fingerprint density at radius 1 is 1.55 bits per heavy atom. The maximum atomic E-state index is 7.10. The van der Waals surface area contributed by atoms with Gasteiger partial charge in [0, 0.05) is 0 Å². The molecule has 1 aromatic heterocycles. The quantitative estimate of drug-likeness (QED) is 0.549. The van der Waals surface area contributed by atoms with Crippen LogP contribution in [0.4, 0.5) is 5.88 Å². The van der Waals surface area contributed by atoms with E-state index in [1.165, 1.54) is 12.8 Å². The highest BCUT2D eigenvalue weighted by Gasteiger charge is 2.21. The highest BCUT2D eigenvalue weighted by molar-refractivity contribution is 5.19. The average molecular weight is 154 g/mol. The number of nitrogens with one attached hydrogen (secondary N) is 1. The summed E-state index contributed by atoms with van der Waals surface area (Å²) in [5.41, 5.74) is 7.10. The monoisotopic (exact) mass is 154 g/mol. The van der Waals surface area contributed by atoms with Gasteiger partial charge in [-0.3, -0.25) is 0 Å². The Hall–Kier alpha value is -1.26. The smallest absolute Gasteiger partial charge is 0.256 e. The van der Waals surface area contributed by atoms with Gasteiger partial charge in [0.15, 0.2) is 0 Å². The van der Waals surface area contributed by atoms with Gasteiger partial charge in [0.2, 0.25) is 5.27 Å². The summed E-state index contributed by atoms with van der Waals surface area (Å²) in [4.78, 5) is 1.61. The molecule has 0 aromatic carbocycles. The maximum Gasteiger partial charge on any atom is 0.256 e. The van der Waals surface area contributed by atoms with E-state index in [0.29, 0.717) is 0 Å². The molecule has 0 bridgehead atoms. The van der Waals surface area contributed by atoms with Crippen LogP contribution in [0.1, 0.15) is 12.8 Å². The van der Waals surface area contributed by atoms with Gasteiger partial charge < -0.3 is 10.3 Å². The molecule has 2 heterocycles. The molecule has 1 aliphatic heterocycles. The summed E-state index contributed by atoms with van der Waals surface area (Å²) in [5, 5.41) is 5.73. The van der Waals surface area contributed by atoms with Gasteiger partial charge in [-0.15, -0.1) is 0 Å². The van der Waals surface area contributed by atoms with Gasteiger partial charge in [-0.1, -0.05) is 0 Å². The minimum Gasteiger partial charge on any atom is -0.660 e. The lowest BCUT2D eigenvalue weighted by Gasteiger charge is -2.01. The Morgan fingerprint density at radius 3 is 2.82 bits per heavy atom. The lowest BCUT2D eigenvalue weighted by Crippen LogP contribution is -2.56. The largest absolute Gasteiger partial charge is 0.660 e. The van der Waals surface area contributed by atoms with Crippen LogP contribution in [0, 0.1) is 0 Å². The van der Waals surface area contributed by atoms with Crippen LogP contribution in [0.25, 0.3) is 5.73 Å². The van der Waals surface area contributed by atoms with Crippen LogP contribution in [0.5, 0.6) is 0 Å². The van der Waals surface area contributed by atoms with Gasteiger partial charge >= 0.3 is 0 Å². The molecule has 0 spiro atoms. The maximum absolute atomic E-state index is 7.10. The number of hydrogen-bond donors (Lipinski definition) is 0. The molecular weight excluding hydrogens is 144 g/mol. The molecule has 1 aromatic rings. The molecule has 0 unspecified atom stereocenters. The van der Waals surface area contributed by atoms with Crippen LogP contribution in [0.3, 0.4) is 0 Å². The summed E-state index contributed by atoms with van der Waals surface area (Å²) >= 11 is 0. The fourth-order valence-corrected chi connectivity index (χ4v) is 1.28. The number of hydrogen-bond acceptors (Lipinski definition) is 3. The second-order valence-corrected chi connectivity index (χ2v) is 2.65. The third-order valence-electron chi connectivity index (χ3n) is 1.83. The molecule has 2 rings (SSSR count). The Labute approximate surface area is 64.3 Å². The predicted octanol–water partition coefficient (Wildman–Crippen LogP) is 0.378. The molecule has 60 valence electrons. The fraction of sp³-hybridized carbons (Fsp3) is 0.667. The SMILES string of the molecule is [NH-]c1c[n+](N2CCCC2)no1. The summed E-state index contributed by atoms with van der Waals surface area (Å²) in [5.74, 6) is 0.108. The zero-order valence-corrected chi connectivity index (χ0v) is 6.16. The van der Waals surface area contributed by atoms with Crippen molar-refractivity contribution in [3.05, 3.63) is 11.9 Å². The Morgan fingerprint density at radius 2 is 2.27 bits per heavy atom. The van der Waals surface area contributed by atoms with E-state index < -0.39 is 0 Å². The Bertz CT molecular complexity index is 240. The topological polar surface area (TPSA) is 57.0 Å². The normalized spacial score (nSPS) is 17.6. The first-order valence-corrected chi connectivity index (χ1v) is 3.72. The summed E-state index contributed by atoms with van der Waals surface area (Å²) in [6, 6.07) is 0. The van der Waals surface area contributed by atoms with E-state index in [0.717, 1.165) is 13.1 Å². The van der Waals surface area contributed by atoms with E-state index in [4.69, 9.17) is 5.73 Å². The molecule has 5 nitrogen and oxygen atoms in total. The van der Waals surface area contributed by atoms with Crippen LogP contribution in [-0.2, 0) is 0 Å². The number of aromatic nitrogens is 2. The second kappa shape index (κ2) is 2.41. The molecule has 1 saturated heterocycles. The van der Waals surface area contributed by atoms with Gasteiger partial charge in [0.1, 0.15) is 5.88 Å². The number of rotatable bonds is 1. The van der Waals surface area contributed by atoms with E-state index >= 15 is 0 Å².